The minimum absolute atomic E-state index is 0.0159. The van der Waals surface area contributed by atoms with Gasteiger partial charge in [-0.2, -0.15) is 23.0 Å². The van der Waals surface area contributed by atoms with Crippen molar-refractivity contribution in [2.24, 2.45) is 0 Å². The second-order valence-corrected chi connectivity index (χ2v) is 8.09. The number of carbonyl (C=O) groups is 1. The van der Waals surface area contributed by atoms with Gasteiger partial charge in [-0.15, -0.1) is 0 Å². The Bertz CT molecular complexity index is 1380. The Morgan fingerprint density at radius 1 is 1.20 bits per heavy atom. The number of aromatic amines is 1. The zero-order valence-electron chi connectivity index (χ0n) is 18.4. The number of nitrogens with zero attached hydrogens (tertiary/aromatic N) is 4. The van der Waals surface area contributed by atoms with E-state index in [4.69, 9.17) is 9.57 Å². The number of hydrogen-bond donors (Lipinski definition) is 3. The van der Waals surface area contributed by atoms with E-state index >= 15 is 0 Å². The van der Waals surface area contributed by atoms with E-state index in [0.29, 0.717) is 23.7 Å². The van der Waals surface area contributed by atoms with Crippen molar-refractivity contribution >= 4 is 22.8 Å². The van der Waals surface area contributed by atoms with E-state index in [1.165, 1.54) is 23.3 Å². The predicted octanol–water partition coefficient (Wildman–Crippen LogP) is 3.92. The number of anilines is 1. The molecule has 3 N–H and O–H groups in total. The Balaban J connectivity index is 1.25. The summed E-state index contributed by atoms with van der Waals surface area (Å²) in [5.41, 5.74) is -0.650. The maximum Gasteiger partial charge on any atom is 0.437 e. The van der Waals surface area contributed by atoms with E-state index in [1.807, 2.05) is 7.05 Å². The van der Waals surface area contributed by atoms with Crippen molar-refractivity contribution in [1.29, 1.82) is 0 Å². The molecule has 1 amide bonds. The van der Waals surface area contributed by atoms with Gasteiger partial charge >= 0.3 is 12.3 Å². The van der Waals surface area contributed by atoms with Gasteiger partial charge in [0.25, 0.3) is 0 Å². The van der Waals surface area contributed by atoms with Crippen molar-refractivity contribution < 1.29 is 27.5 Å². The van der Waals surface area contributed by atoms with Crippen molar-refractivity contribution in [2.45, 2.75) is 31.0 Å². The standard InChI is InChI=1S/C22H20F3N7O3/c1-26-11-14-9-19(28-12-27-14)34-15-2-3-16-13(8-15)4-7-32(16)35-20(33)29-18-10-17(30-31-18)21(5-6-21)22(23,24)25/h2-4,7-10,12,26H,5-6,11H2,1H3,(H2,29,30,31,33). The monoisotopic (exact) mass is 487 g/mol. The van der Waals surface area contributed by atoms with Crippen LogP contribution in [0.2, 0.25) is 0 Å². The third-order valence-corrected chi connectivity index (χ3v) is 5.70. The van der Waals surface area contributed by atoms with Gasteiger partial charge in [0.1, 0.15) is 17.5 Å². The summed E-state index contributed by atoms with van der Waals surface area (Å²) in [5.74, 6) is 0.850. The molecule has 0 unspecified atom stereocenters. The number of rotatable bonds is 7. The van der Waals surface area contributed by atoms with E-state index in [2.05, 4.69) is 30.8 Å². The molecule has 10 nitrogen and oxygen atoms in total. The van der Waals surface area contributed by atoms with Gasteiger partial charge in [-0.25, -0.2) is 14.8 Å². The molecule has 3 heterocycles. The van der Waals surface area contributed by atoms with Crippen molar-refractivity contribution in [3.63, 3.8) is 0 Å². The Kier molecular flexibility index (Phi) is 5.55. The summed E-state index contributed by atoms with van der Waals surface area (Å²) in [6.07, 6.45) is -2.37. The minimum atomic E-state index is -4.38. The van der Waals surface area contributed by atoms with E-state index < -0.39 is 17.7 Å². The number of benzene rings is 1. The lowest BCUT2D eigenvalue weighted by Gasteiger charge is -2.16. The Morgan fingerprint density at radius 3 is 2.77 bits per heavy atom. The number of H-pyrrole nitrogens is 1. The van der Waals surface area contributed by atoms with E-state index in [-0.39, 0.29) is 24.4 Å². The SMILES string of the molecule is CNCc1cc(Oc2ccc3c(ccn3OC(=O)Nc3cc(C4(C(F)(F)F)CC4)[nH]n3)c2)ncn1. The van der Waals surface area contributed by atoms with Crippen LogP contribution in [0.3, 0.4) is 0 Å². The second kappa shape index (κ2) is 8.58. The predicted molar refractivity (Wildman–Crippen MR) is 118 cm³/mol. The lowest BCUT2D eigenvalue weighted by molar-refractivity contribution is -0.161. The van der Waals surface area contributed by atoms with Crippen LogP contribution in [0.4, 0.5) is 23.8 Å². The molecular formula is C22H20F3N7O3. The van der Waals surface area contributed by atoms with Gasteiger partial charge < -0.3 is 14.9 Å². The molecule has 35 heavy (non-hydrogen) atoms. The number of hydrogen-bond acceptors (Lipinski definition) is 7. The highest BCUT2D eigenvalue weighted by molar-refractivity contribution is 5.86. The fraction of sp³-hybridized carbons (Fsp3) is 0.273. The zero-order valence-corrected chi connectivity index (χ0v) is 18.4. The number of carbonyl (C=O) groups excluding carboxylic acids is 1. The van der Waals surface area contributed by atoms with Crippen LogP contribution in [-0.4, -0.2) is 44.2 Å². The van der Waals surface area contributed by atoms with Gasteiger partial charge in [0.15, 0.2) is 5.82 Å². The minimum Gasteiger partial charge on any atom is -0.439 e. The lowest BCUT2D eigenvalue weighted by Crippen LogP contribution is -2.29. The number of fused-ring (bicyclic) bond motifs is 1. The van der Waals surface area contributed by atoms with Gasteiger partial charge in [-0.3, -0.25) is 10.4 Å². The van der Waals surface area contributed by atoms with Crippen LogP contribution in [0, 0.1) is 0 Å². The van der Waals surface area contributed by atoms with Crippen LogP contribution in [0.1, 0.15) is 24.2 Å². The topological polar surface area (TPSA) is 119 Å². The highest BCUT2D eigenvalue weighted by Crippen LogP contribution is 2.58. The first-order valence-electron chi connectivity index (χ1n) is 10.6. The van der Waals surface area contributed by atoms with Crippen LogP contribution in [0.5, 0.6) is 11.6 Å². The smallest absolute Gasteiger partial charge is 0.437 e. The molecule has 5 rings (SSSR count). The molecule has 1 fully saturated rings. The summed E-state index contributed by atoms with van der Waals surface area (Å²) in [5, 5.41) is 12.2. The molecule has 1 aromatic carbocycles. The van der Waals surface area contributed by atoms with Gasteiger partial charge in [0.05, 0.1) is 16.9 Å². The van der Waals surface area contributed by atoms with Crippen LogP contribution in [-0.2, 0) is 12.0 Å². The molecular weight excluding hydrogens is 467 g/mol. The van der Waals surface area contributed by atoms with E-state index in [1.54, 1.807) is 30.3 Å². The molecule has 1 aliphatic rings. The van der Waals surface area contributed by atoms with Crippen LogP contribution >= 0.6 is 0 Å². The van der Waals surface area contributed by atoms with Crippen molar-refractivity contribution in [2.75, 3.05) is 12.4 Å². The third-order valence-electron chi connectivity index (χ3n) is 5.70. The van der Waals surface area contributed by atoms with Crippen molar-refractivity contribution in [3.05, 3.63) is 60.3 Å². The van der Waals surface area contributed by atoms with E-state index in [9.17, 15) is 18.0 Å². The molecule has 1 saturated carbocycles. The van der Waals surface area contributed by atoms with Crippen molar-refractivity contribution in [3.8, 4) is 11.6 Å². The Morgan fingerprint density at radius 2 is 2.03 bits per heavy atom. The zero-order chi connectivity index (χ0) is 24.6. The van der Waals surface area contributed by atoms with Gasteiger partial charge in [-0.05, 0) is 44.2 Å². The molecule has 0 spiro atoms. The second-order valence-electron chi connectivity index (χ2n) is 8.09. The fourth-order valence-corrected chi connectivity index (χ4v) is 3.75. The maximum atomic E-state index is 13.3. The number of amides is 1. The average Bonchev–Trinajstić information content (AvgIpc) is 3.37. The summed E-state index contributed by atoms with van der Waals surface area (Å²) in [6.45, 7) is 0.572. The number of halogens is 3. The first-order valence-corrected chi connectivity index (χ1v) is 10.6. The molecule has 0 bridgehead atoms. The molecule has 3 aromatic heterocycles. The number of ether oxygens (including phenoxy) is 1. The molecule has 0 radical (unpaired) electrons. The van der Waals surface area contributed by atoms with Crippen LogP contribution in [0.15, 0.2) is 48.9 Å². The first kappa shape index (κ1) is 22.7. The number of alkyl halides is 3. The molecule has 4 aromatic rings. The van der Waals surface area contributed by atoms with Crippen LogP contribution in [0.25, 0.3) is 10.9 Å². The summed E-state index contributed by atoms with van der Waals surface area (Å²) in [7, 11) is 1.81. The lowest BCUT2D eigenvalue weighted by atomic mass is 10.0. The molecule has 0 aliphatic heterocycles. The highest BCUT2D eigenvalue weighted by atomic mass is 19.4. The largest absolute Gasteiger partial charge is 0.439 e. The molecule has 0 atom stereocenters. The molecule has 182 valence electrons. The Labute approximate surface area is 196 Å². The third kappa shape index (κ3) is 4.49. The molecule has 0 saturated heterocycles. The summed E-state index contributed by atoms with van der Waals surface area (Å²) in [4.78, 5) is 25.8. The van der Waals surface area contributed by atoms with Gasteiger partial charge in [0.2, 0.25) is 5.88 Å². The molecule has 13 heteroatoms. The quantitative estimate of drug-likeness (QED) is 0.362. The normalized spacial score (nSPS) is 14.6. The average molecular weight is 487 g/mol. The fourth-order valence-electron chi connectivity index (χ4n) is 3.75. The van der Waals surface area contributed by atoms with Gasteiger partial charge in [0, 0.05) is 30.3 Å². The maximum absolute atomic E-state index is 13.3. The summed E-state index contributed by atoms with van der Waals surface area (Å²) < 4.78 is 46.9. The van der Waals surface area contributed by atoms with Crippen molar-refractivity contribution in [1.82, 2.24) is 30.2 Å². The number of nitrogens with one attached hydrogen (secondary N) is 3. The summed E-state index contributed by atoms with van der Waals surface area (Å²) in [6, 6.07) is 9.74. The highest BCUT2D eigenvalue weighted by Gasteiger charge is 2.65. The molecule has 1 aliphatic carbocycles. The van der Waals surface area contributed by atoms with Gasteiger partial charge in [-0.1, -0.05) is 0 Å². The summed E-state index contributed by atoms with van der Waals surface area (Å²) >= 11 is 0. The van der Waals surface area contributed by atoms with Crippen LogP contribution < -0.4 is 20.2 Å². The Hall–Kier alpha value is -4.13. The number of aromatic nitrogens is 5. The van der Waals surface area contributed by atoms with E-state index in [0.717, 1.165) is 11.1 Å². The first-order chi connectivity index (χ1) is 16.8.